The van der Waals surface area contributed by atoms with Gasteiger partial charge in [0.1, 0.15) is 0 Å². The molecule has 1 N–H and O–H groups in total. The molecule has 0 aliphatic carbocycles. The minimum absolute atomic E-state index is 0.0345. The van der Waals surface area contributed by atoms with Crippen LogP contribution in [0.1, 0.15) is 24.2 Å². The second-order valence-corrected chi connectivity index (χ2v) is 12.0. The summed E-state index contributed by atoms with van der Waals surface area (Å²) in [7, 11) is -6.99. The van der Waals surface area contributed by atoms with Crippen molar-refractivity contribution in [2.24, 2.45) is 0 Å². The summed E-state index contributed by atoms with van der Waals surface area (Å²) in [5, 5.41) is 2.20. The van der Waals surface area contributed by atoms with Crippen molar-refractivity contribution in [1.82, 2.24) is 4.98 Å². The number of nitrogens with zero attached hydrogens (tertiary/aromatic N) is 1. The van der Waals surface area contributed by atoms with E-state index in [1.165, 1.54) is 24.3 Å². The summed E-state index contributed by atoms with van der Waals surface area (Å²) in [6.07, 6.45) is 1.12. The Morgan fingerprint density at radius 3 is 2.39 bits per heavy atom. The molecule has 0 bridgehead atoms. The predicted molar refractivity (Wildman–Crippen MR) is 109 cm³/mol. The molecule has 1 aromatic heterocycles. The van der Waals surface area contributed by atoms with Crippen LogP contribution in [-0.4, -0.2) is 39.2 Å². The first kappa shape index (κ1) is 20.4. The number of sulfone groups is 2. The molecule has 0 radical (unpaired) electrons. The van der Waals surface area contributed by atoms with Crippen LogP contribution in [0.2, 0.25) is 0 Å². The minimum Gasteiger partial charge on any atom is -0.298 e. The lowest BCUT2D eigenvalue weighted by molar-refractivity contribution is 0.102. The molecule has 3 aromatic rings. The Labute approximate surface area is 167 Å². The third kappa shape index (κ3) is 3.94. The van der Waals surface area contributed by atoms with Crippen LogP contribution in [0.15, 0.2) is 52.3 Å². The van der Waals surface area contributed by atoms with E-state index in [-0.39, 0.29) is 20.5 Å². The average Bonchev–Trinajstić information content (AvgIpc) is 3.02. The third-order valence-corrected chi connectivity index (χ3v) is 8.32. The Morgan fingerprint density at radius 2 is 1.75 bits per heavy atom. The van der Waals surface area contributed by atoms with E-state index in [1.807, 2.05) is 0 Å². The van der Waals surface area contributed by atoms with Gasteiger partial charge in [-0.2, -0.15) is 0 Å². The Hall–Kier alpha value is -2.30. The van der Waals surface area contributed by atoms with Crippen molar-refractivity contribution in [2.45, 2.75) is 28.9 Å². The van der Waals surface area contributed by atoms with Gasteiger partial charge in [-0.25, -0.2) is 21.8 Å². The highest BCUT2D eigenvalue weighted by Gasteiger charge is 2.25. The van der Waals surface area contributed by atoms with Crippen molar-refractivity contribution in [2.75, 3.05) is 11.6 Å². The molecule has 148 valence electrons. The van der Waals surface area contributed by atoms with Gasteiger partial charge in [0.15, 0.2) is 24.8 Å². The Balaban J connectivity index is 1.96. The van der Waals surface area contributed by atoms with Crippen LogP contribution in [-0.2, 0) is 19.7 Å². The van der Waals surface area contributed by atoms with Crippen LogP contribution in [0.25, 0.3) is 10.2 Å². The number of hydrogen-bond donors (Lipinski definition) is 1. The number of carbonyl (C=O) groups excluding carboxylic acids is 1. The zero-order chi connectivity index (χ0) is 20.7. The molecule has 2 aromatic carbocycles. The van der Waals surface area contributed by atoms with Crippen molar-refractivity contribution in [3.05, 3.63) is 48.0 Å². The molecule has 0 saturated heterocycles. The van der Waals surface area contributed by atoms with E-state index in [0.717, 1.165) is 17.6 Å². The lowest BCUT2D eigenvalue weighted by Crippen LogP contribution is -2.20. The fourth-order valence-corrected chi connectivity index (χ4v) is 5.38. The number of rotatable bonds is 5. The summed E-state index contributed by atoms with van der Waals surface area (Å²) in [6.45, 7) is 3.11. The minimum atomic E-state index is -3.64. The Morgan fingerprint density at radius 1 is 1.07 bits per heavy atom. The largest absolute Gasteiger partial charge is 0.298 e. The van der Waals surface area contributed by atoms with E-state index in [9.17, 15) is 21.6 Å². The molecule has 0 unspecified atom stereocenters. The molecule has 1 heterocycles. The van der Waals surface area contributed by atoms with E-state index in [4.69, 9.17) is 0 Å². The molecule has 3 rings (SSSR count). The highest BCUT2D eigenvalue weighted by molar-refractivity contribution is 7.92. The van der Waals surface area contributed by atoms with Crippen molar-refractivity contribution in [3.63, 3.8) is 0 Å². The average molecular weight is 439 g/mol. The van der Waals surface area contributed by atoms with Crippen molar-refractivity contribution < 1.29 is 21.6 Å². The second-order valence-electron chi connectivity index (χ2n) is 6.46. The summed E-state index contributed by atoms with van der Waals surface area (Å²) >= 11 is 1.11. The van der Waals surface area contributed by atoms with Crippen LogP contribution in [0.3, 0.4) is 0 Å². The number of hydrogen-bond acceptors (Lipinski definition) is 7. The number of nitrogens with one attached hydrogen (secondary N) is 1. The monoisotopic (exact) mass is 438 g/mol. The topological polar surface area (TPSA) is 110 Å². The van der Waals surface area contributed by atoms with E-state index in [1.54, 1.807) is 32.0 Å². The molecule has 0 saturated carbocycles. The van der Waals surface area contributed by atoms with Gasteiger partial charge < -0.3 is 0 Å². The Kier molecular flexibility index (Phi) is 5.30. The third-order valence-electron chi connectivity index (χ3n) is 4.07. The van der Waals surface area contributed by atoms with Crippen LogP contribution < -0.4 is 5.32 Å². The van der Waals surface area contributed by atoms with Crippen molar-refractivity contribution in [1.29, 1.82) is 0 Å². The maximum atomic E-state index is 12.7. The second kappa shape index (κ2) is 7.26. The van der Waals surface area contributed by atoms with Crippen LogP contribution >= 0.6 is 11.3 Å². The van der Waals surface area contributed by atoms with Gasteiger partial charge in [-0.05, 0) is 44.2 Å². The zero-order valence-electron chi connectivity index (χ0n) is 15.3. The maximum absolute atomic E-state index is 12.7. The highest BCUT2D eigenvalue weighted by atomic mass is 32.2. The lowest BCUT2D eigenvalue weighted by Gasteiger charge is -2.12. The highest BCUT2D eigenvalue weighted by Crippen LogP contribution is 2.29. The standard InChI is InChI=1S/C18H18N2O5S3/c1-11(2)28(24,25)16-7-5-4-6-13(16)17(21)20-18-19-14-9-8-12(27(3,22)23)10-15(14)26-18/h4-11H,1-3H3,(H,19,20,21). The van der Waals surface area contributed by atoms with E-state index in [2.05, 4.69) is 10.3 Å². The first-order valence-electron chi connectivity index (χ1n) is 8.25. The van der Waals surface area contributed by atoms with Crippen LogP contribution in [0.5, 0.6) is 0 Å². The van der Waals surface area contributed by atoms with Gasteiger partial charge in [-0.3, -0.25) is 10.1 Å². The summed E-state index contributed by atoms with van der Waals surface area (Å²) in [5.41, 5.74) is 0.572. The van der Waals surface area contributed by atoms with E-state index in [0.29, 0.717) is 10.2 Å². The zero-order valence-corrected chi connectivity index (χ0v) is 17.8. The van der Waals surface area contributed by atoms with Gasteiger partial charge in [0.2, 0.25) is 0 Å². The molecule has 0 aliphatic heterocycles. The molecule has 0 aliphatic rings. The number of thiazole rings is 1. The van der Waals surface area contributed by atoms with E-state index >= 15 is 0 Å². The molecular weight excluding hydrogens is 420 g/mol. The molecule has 28 heavy (non-hydrogen) atoms. The molecule has 0 fully saturated rings. The molecule has 10 heteroatoms. The summed E-state index contributed by atoms with van der Waals surface area (Å²) in [5.74, 6) is -0.595. The number of aromatic nitrogens is 1. The summed E-state index contributed by atoms with van der Waals surface area (Å²) in [6, 6.07) is 10.5. The summed E-state index contributed by atoms with van der Waals surface area (Å²) in [4.78, 5) is 17.1. The van der Waals surface area contributed by atoms with Gasteiger partial charge in [-0.1, -0.05) is 23.5 Å². The quantitative estimate of drug-likeness (QED) is 0.655. The first-order valence-corrected chi connectivity index (χ1v) is 12.5. The molecular formula is C18H18N2O5S3. The maximum Gasteiger partial charge on any atom is 0.258 e. The van der Waals surface area contributed by atoms with Crippen molar-refractivity contribution in [3.8, 4) is 0 Å². The number of amides is 1. The number of benzene rings is 2. The predicted octanol–water partition coefficient (Wildman–Crippen LogP) is 3.13. The van der Waals surface area contributed by atoms with Gasteiger partial charge in [0, 0.05) is 6.26 Å². The fraction of sp³-hybridized carbons (Fsp3) is 0.222. The fourth-order valence-electron chi connectivity index (χ4n) is 2.51. The molecule has 1 amide bonds. The number of fused-ring (bicyclic) bond motifs is 1. The molecule has 0 atom stereocenters. The first-order chi connectivity index (χ1) is 13.0. The normalized spacial score (nSPS) is 12.4. The van der Waals surface area contributed by atoms with Gasteiger partial charge >= 0.3 is 0 Å². The van der Waals surface area contributed by atoms with Gasteiger partial charge in [-0.15, -0.1) is 0 Å². The van der Waals surface area contributed by atoms with Gasteiger partial charge in [0.05, 0.1) is 30.8 Å². The summed E-state index contributed by atoms with van der Waals surface area (Å²) < 4.78 is 49.0. The lowest BCUT2D eigenvalue weighted by atomic mass is 10.2. The Bertz CT molecular complexity index is 1280. The number of anilines is 1. The van der Waals surface area contributed by atoms with Crippen molar-refractivity contribution >= 4 is 52.3 Å². The smallest absolute Gasteiger partial charge is 0.258 e. The number of carbonyl (C=O) groups is 1. The van der Waals surface area contributed by atoms with E-state index < -0.39 is 30.8 Å². The van der Waals surface area contributed by atoms with Gasteiger partial charge in [0.25, 0.3) is 5.91 Å². The SMILES string of the molecule is CC(C)S(=O)(=O)c1ccccc1C(=O)Nc1nc2ccc(S(C)(=O)=O)cc2s1. The molecule has 0 spiro atoms. The van der Waals surface area contributed by atoms with Crippen LogP contribution in [0, 0.1) is 0 Å². The van der Waals surface area contributed by atoms with Crippen LogP contribution in [0.4, 0.5) is 5.13 Å². The molecule has 7 nitrogen and oxygen atoms in total.